The third kappa shape index (κ3) is 2.25. The maximum absolute atomic E-state index is 12.9. The molecule has 0 aromatic heterocycles. The number of Topliss-reactive ketones (excluding diaryl/α,β-unsaturated/α-hetero) is 1. The number of hydrogen-bond acceptors (Lipinski definition) is 2. The fourth-order valence-electron chi connectivity index (χ4n) is 3.60. The predicted octanol–water partition coefficient (Wildman–Crippen LogP) is 3.96. The van der Waals surface area contributed by atoms with E-state index < -0.39 is 0 Å². The highest BCUT2D eigenvalue weighted by molar-refractivity contribution is 5.92. The van der Waals surface area contributed by atoms with Gasteiger partial charge in [-0.3, -0.25) is 4.79 Å². The average molecular weight is 277 g/mol. The highest BCUT2D eigenvalue weighted by Crippen LogP contribution is 2.51. The zero-order valence-corrected chi connectivity index (χ0v) is 12.0. The summed E-state index contributed by atoms with van der Waals surface area (Å²) in [5.74, 6) is 1.20. The van der Waals surface area contributed by atoms with Crippen molar-refractivity contribution in [3.8, 4) is 0 Å². The SMILES string of the molecule is O=C(C1CCNc2ccccc21)C1CC1c1ccccc1. The number of rotatable bonds is 3. The quantitative estimate of drug-likeness (QED) is 0.920. The third-order valence-electron chi connectivity index (χ3n) is 4.81. The van der Waals surface area contributed by atoms with E-state index in [0.29, 0.717) is 11.7 Å². The molecule has 0 bridgehead atoms. The number of nitrogens with one attached hydrogen (secondary N) is 1. The highest BCUT2D eigenvalue weighted by atomic mass is 16.1. The summed E-state index contributed by atoms with van der Waals surface area (Å²) >= 11 is 0. The third-order valence-corrected chi connectivity index (χ3v) is 4.81. The second-order valence-electron chi connectivity index (χ2n) is 6.12. The summed E-state index contributed by atoms with van der Waals surface area (Å²) in [7, 11) is 0. The van der Waals surface area contributed by atoms with Crippen LogP contribution in [0.15, 0.2) is 54.6 Å². The molecule has 1 aliphatic heterocycles. The van der Waals surface area contributed by atoms with Crippen LogP contribution in [0.3, 0.4) is 0 Å². The smallest absolute Gasteiger partial charge is 0.144 e. The van der Waals surface area contributed by atoms with Crippen molar-refractivity contribution >= 4 is 11.5 Å². The molecule has 2 aromatic carbocycles. The maximum Gasteiger partial charge on any atom is 0.144 e. The van der Waals surface area contributed by atoms with E-state index in [2.05, 4.69) is 41.7 Å². The molecule has 0 spiro atoms. The van der Waals surface area contributed by atoms with Crippen LogP contribution < -0.4 is 5.32 Å². The van der Waals surface area contributed by atoms with Crippen molar-refractivity contribution in [2.45, 2.75) is 24.7 Å². The number of fused-ring (bicyclic) bond motifs is 1. The molecule has 0 radical (unpaired) electrons. The molecule has 1 aliphatic carbocycles. The lowest BCUT2D eigenvalue weighted by atomic mass is 9.85. The number of anilines is 1. The van der Waals surface area contributed by atoms with Gasteiger partial charge in [-0.15, -0.1) is 0 Å². The molecule has 1 heterocycles. The maximum atomic E-state index is 12.9. The van der Waals surface area contributed by atoms with Gasteiger partial charge in [0, 0.05) is 24.1 Å². The Hall–Kier alpha value is -2.09. The number of carbonyl (C=O) groups is 1. The Kier molecular flexibility index (Phi) is 3.03. The minimum atomic E-state index is 0.0844. The molecule has 3 unspecified atom stereocenters. The lowest BCUT2D eigenvalue weighted by Gasteiger charge is -2.25. The minimum Gasteiger partial charge on any atom is -0.385 e. The standard InChI is InChI=1S/C19H19NO/c21-19(17-12-16(17)13-6-2-1-3-7-13)15-10-11-20-18-9-5-4-8-14(15)18/h1-9,15-17,20H,10-12H2. The molecule has 21 heavy (non-hydrogen) atoms. The van der Waals surface area contributed by atoms with Gasteiger partial charge in [-0.2, -0.15) is 0 Å². The Bertz CT molecular complexity index is 664. The van der Waals surface area contributed by atoms with Crippen LogP contribution in [0.25, 0.3) is 0 Å². The van der Waals surface area contributed by atoms with Crippen molar-refractivity contribution < 1.29 is 4.79 Å². The Morgan fingerprint density at radius 2 is 1.76 bits per heavy atom. The van der Waals surface area contributed by atoms with Gasteiger partial charge in [0.1, 0.15) is 5.78 Å². The Morgan fingerprint density at radius 1 is 1.00 bits per heavy atom. The van der Waals surface area contributed by atoms with Crippen LogP contribution in [0.2, 0.25) is 0 Å². The number of carbonyl (C=O) groups excluding carboxylic acids is 1. The van der Waals surface area contributed by atoms with Crippen molar-refractivity contribution in [1.29, 1.82) is 0 Å². The van der Waals surface area contributed by atoms with E-state index in [9.17, 15) is 4.79 Å². The van der Waals surface area contributed by atoms with E-state index in [-0.39, 0.29) is 11.8 Å². The first-order chi connectivity index (χ1) is 10.3. The molecule has 1 N–H and O–H groups in total. The zero-order valence-electron chi connectivity index (χ0n) is 12.0. The molecule has 4 rings (SSSR count). The van der Waals surface area contributed by atoms with Gasteiger partial charge in [-0.25, -0.2) is 0 Å². The second-order valence-corrected chi connectivity index (χ2v) is 6.12. The van der Waals surface area contributed by atoms with Gasteiger partial charge in [0.15, 0.2) is 0 Å². The summed E-state index contributed by atoms with van der Waals surface area (Å²) in [6.45, 7) is 0.899. The summed E-state index contributed by atoms with van der Waals surface area (Å²) in [6, 6.07) is 18.7. The first-order valence-corrected chi connectivity index (χ1v) is 7.76. The molecule has 1 fully saturated rings. The van der Waals surface area contributed by atoms with E-state index in [0.717, 1.165) is 25.1 Å². The molecule has 2 aromatic rings. The second kappa shape index (κ2) is 5.03. The van der Waals surface area contributed by atoms with Gasteiger partial charge < -0.3 is 5.32 Å². The molecular weight excluding hydrogens is 258 g/mol. The van der Waals surface area contributed by atoms with Gasteiger partial charge in [0.25, 0.3) is 0 Å². The van der Waals surface area contributed by atoms with Crippen LogP contribution in [0.1, 0.15) is 35.8 Å². The summed E-state index contributed by atoms with van der Waals surface area (Å²) in [4.78, 5) is 12.9. The van der Waals surface area contributed by atoms with Crippen LogP contribution in [0.4, 0.5) is 5.69 Å². The molecular formula is C19H19NO. The molecule has 1 saturated carbocycles. The topological polar surface area (TPSA) is 29.1 Å². The fourth-order valence-corrected chi connectivity index (χ4v) is 3.60. The minimum absolute atomic E-state index is 0.0844. The first kappa shape index (κ1) is 12.6. The molecule has 0 saturated heterocycles. The van der Waals surface area contributed by atoms with Crippen molar-refractivity contribution in [1.82, 2.24) is 0 Å². The van der Waals surface area contributed by atoms with Crippen molar-refractivity contribution in [3.63, 3.8) is 0 Å². The van der Waals surface area contributed by atoms with Crippen molar-refractivity contribution in [3.05, 3.63) is 65.7 Å². The lowest BCUT2D eigenvalue weighted by Crippen LogP contribution is -2.24. The Labute approximate surface area is 125 Å². The molecule has 2 nitrogen and oxygen atoms in total. The van der Waals surface area contributed by atoms with Crippen LogP contribution in [0.5, 0.6) is 0 Å². The summed E-state index contributed by atoms with van der Waals surface area (Å²) in [6.07, 6.45) is 1.95. The highest BCUT2D eigenvalue weighted by Gasteiger charge is 2.46. The average Bonchev–Trinajstić information content (AvgIpc) is 3.35. The Morgan fingerprint density at radius 3 is 2.62 bits per heavy atom. The summed E-state index contributed by atoms with van der Waals surface area (Å²) in [5.41, 5.74) is 3.64. The zero-order chi connectivity index (χ0) is 14.2. The number of ketones is 1. The molecule has 2 heteroatoms. The first-order valence-electron chi connectivity index (χ1n) is 7.76. The normalized spacial score (nSPS) is 26.6. The summed E-state index contributed by atoms with van der Waals surface area (Å²) < 4.78 is 0. The van der Waals surface area contributed by atoms with E-state index in [4.69, 9.17) is 0 Å². The van der Waals surface area contributed by atoms with Crippen LogP contribution in [0, 0.1) is 5.92 Å². The van der Waals surface area contributed by atoms with Crippen LogP contribution in [-0.4, -0.2) is 12.3 Å². The predicted molar refractivity (Wildman–Crippen MR) is 84.6 cm³/mol. The van der Waals surface area contributed by atoms with Crippen molar-refractivity contribution in [2.24, 2.45) is 5.92 Å². The Balaban J connectivity index is 1.55. The fraction of sp³-hybridized carbons (Fsp3) is 0.316. The molecule has 2 aliphatic rings. The van der Waals surface area contributed by atoms with E-state index in [1.807, 2.05) is 18.2 Å². The van der Waals surface area contributed by atoms with E-state index >= 15 is 0 Å². The van der Waals surface area contributed by atoms with E-state index in [1.54, 1.807) is 0 Å². The number of para-hydroxylation sites is 1. The molecule has 106 valence electrons. The van der Waals surface area contributed by atoms with Crippen LogP contribution in [-0.2, 0) is 4.79 Å². The van der Waals surface area contributed by atoms with Gasteiger partial charge in [0.05, 0.1) is 0 Å². The monoisotopic (exact) mass is 277 g/mol. The van der Waals surface area contributed by atoms with Crippen LogP contribution >= 0.6 is 0 Å². The van der Waals surface area contributed by atoms with E-state index in [1.165, 1.54) is 11.1 Å². The number of benzene rings is 2. The van der Waals surface area contributed by atoms with Gasteiger partial charge in [-0.05, 0) is 36.0 Å². The molecule has 0 amide bonds. The van der Waals surface area contributed by atoms with Gasteiger partial charge in [-0.1, -0.05) is 48.5 Å². The number of hydrogen-bond donors (Lipinski definition) is 1. The molecule has 3 atom stereocenters. The summed E-state index contributed by atoms with van der Waals surface area (Å²) in [5, 5.41) is 3.40. The van der Waals surface area contributed by atoms with Gasteiger partial charge in [0.2, 0.25) is 0 Å². The lowest BCUT2D eigenvalue weighted by molar-refractivity contribution is -0.121. The van der Waals surface area contributed by atoms with Gasteiger partial charge >= 0.3 is 0 Å². The largest absolute Gasteiger partial charge is 0.385 e. The van der Waals surface area contributed by atoms with Crippen molar-refractivity contribution in [2.75, 3.05) is 11.9 Å².